The molecule has 2 atom stereocenters. The fourth-order valence-corrected chi connectivity index (χ4v) is 5.72. The van der Waals surface area contributed by atoms with Crippen LogP contribution in [0, 0.1) is 5.92 Å². The van der Waals surface area contributed by atoms with E-state index in [1.54, 1.807) is 24.3 Å². The van der Waals surface area contributed by atoms with E-state index >= 15 is 0 Å². The van der Waals surface area contributed by atoms with Crippen LogP contribution in [0.25, 0.3) is 0 Å². The zero-order valence-electron chi connectivity index (χ0n) is 22.0. The van der Waals surface area contributed by atoms with Crippen molar-refractivity contribution >= 4 is 21.6 Å². The van der Waals surface area contributed by atoms with E-state index in [1.165, 1.54) is 23.5 Å². The van der Waals surface area contributed by atoms with Gasteiger partial charge in [-0.25, -0.2) is 8.42 Å². The first-order chi connectivity index (χ1) is 17.6. The third-order valence-electron chi connectivity index (χ3n) is 6.10. The molecule has 10 heteroatoms. The van der Waals surface area contributed by atoms with Gasteiger partial charge < -0.3 is 24.6 Å². The Balaban J connectivity index is 1.64. The zero-order valence-corrected chi connectivity index (χ0v) is 22.8. The molecule has 204 valence electrons. The molecule has 1 heterocycles. The minimum absolute atomic E-state index is 0.00219. The lowest BCUT2D eigenvalue weighted by molar-refractivity contribution is -0.128. The van der Waals surface area contributed by atoms with E-state index in [4.69, 9.17) is 14.2 Å². The van der Waals surface area contributed by atoms with E-state index in [0.717, 1.165) is 12.0 Å². The molecule has 0 radical (unpaired) electrons. The summed E-state index contributed by atoms with van der Waals surface area (Å²) in [6.07, 6.45) is 2.03. The molecule has 1 fully saturated rings. The van der Waals surface area contributed by atoms with Crippen LogP contribution in [0.1, 0.15) is 39.2 Å². The lowest BCUT2D eigenvalue weighted by atomic mass is 10.0. The summed E-state index contributed by atoms with van der Waals surface area (Å²) in [5.74, 6) is 0.300. The SMILES string of the molecule is COc1ccc(S(=O)(=O)N(CC(C)C)c2ccc(CC[C@H](C)NC(=O)COC3CCOC3)cc2O)cc1. The van der Waals surface area contributed by atoms with Crippen LogP contribution in [-0.2, 0) is 30.7 Å². The molecule has 1 saturated heterocycles. The number of ether oxygens (including phenoxy) is 3. The smallest absolute Gasteiger partial charge is 0.264 e. The number of phenols is 1. The maximum absolute atomic E-state index is 13.5. The summed E-state index contributed by atoms with van der Waals surface area (Å²) in [7, 11) is -2.39. The monoisotopic (exact) mass is 534 g/mol. The Hall–Kier alpha value is -2.82. The first-order valence-electron chi connectivity index (χ1n) is 12.6. The fraction of sp³-hybridized carbons (Fsp3) is 0.519. The predicted octanol–water partition coefficient (Wildman–Crippen LogP) is 3.49. The van der Waals surface area contributed by atoms with Gasteiger partial charge in [-0.15, -0.1) is 0 Å². The number of anilines is 1. The minimum atomic E-state index is -3.91. The van der Waals surface area contributed by atoms with E-state index in [-0.39, 0.29) is 53.5 Å². The number of sulfonamides is 1. The molecule has 2 aromatic rings. The van der Waals surface area contributed by atoms with Crippen LogP contribution < -0.4 is 14.4 Å². The maximum atomic E-state index is 13.5. The number of hydrogen-bond donors (Lipinski definition) is 2. The summed E-state index contributed by atoms with van der Waals surface area (Å²) in [4.78, 5) is 12.3. The molecule has 9 nitrogen and oxygen atoms in total. The molecule has 37 heavy (non-hydrogen) atoms. The number of carbonyl (C=O) groups excluding carboxylic acids is 1. The number of benzene rings is 2. The minimum Gasteiger partial charge on any atom is -0.506 e. The van der Waals surface area contributed by atoms with Crippen molar-refractivity contribution in [2.75, 3.05) is 37.8 Å². The third-order valence-corrected chi connectivity index (χ3v) is 7.89. The zero-order chi connectivity index (χ0) is 27.0. The number of hydrogen-bond acceptors (Lipinski definition) is 7. The number of aromatic hydroxyl groups is 1. The quantitative estimate of drug-likeness (QED) is 0.404. The molecule has 0 aliphatic carbocycles. The number of amides is 1. The molecule has 1 aliphatic heterocycles. The van der Waals surface area contributed by atoms with Crippen LogP contribution in [0.2, 0.25) is 0 Å². The van der Waals surface area contributed by atoms with Gasteiger partial charge >= 0.3 is 0 Å². The van der Waals surface area contributed by atoms with E-state index < -0.39 is 10.0 Å². The first kappa shape index (κ1) is 28.7. The maximum Gasteiger partial charge on any atom is 0.264 e. The summed E-state index contributed by atoms with van der Waals surface area (Å²) in [5.41, 5.74) is 1.07. The van der Waals surface area contributed by atoms with Crippen molar-refractivity contribution in [3.05, 3.63) is 48.0 Å². The van der Waals surface area contributed by atoms with E-state index in [1.807, 2.05) is 26.8 Å². The first-order valence-corrected chi connectivity index (χ1v) is 14.0. The van der Waals surface area contributed by atoms with Crippen molar-refractivity contribution in [3.63, 3.8) is 0 Å². The van der Waals surface area contributed by atoms with Crippen LogP contribution in [0.15, 0.2) is 47.4 Å². The van der Waals surface area contributed by atoms with Gasteiger partial charge in [-0.05, 0) is 74.1 Å². The highest BCUT2D eigenvalue weighted by atomic mass is 32.2. The van der Waals surface area contributed by atoms with Crippen LogP contribution in [0.4, 0.5) is 5.69 Å². The molecular formula is C27H38N2O7S. The summed E-state index contributed by atoms with van der Waals surface area (Å²) in [6, 6.07) is 11.1. The Kier molecular flexibility index (Phi) is 10.2. The number of nitrogens with zero attached hydrogens (tertiary/aromatic N) is 1. The van der Waals surface area contributed by atoms with Gasteiger partial charge in [0.05, 0.1) is 30.4 Å². The number of aryl methyl sites for hydroxylation is 1. The summed E-state index contributed by atoms with van der Waals surface area (Å²) in [6.45, 7) is 7.15. The van der Waals surface area contributed by atoms with Gasteiger partial charge in [0, 0.05) is 19.2 Å². The number of carbonyl (C=O) groups is 1. The molecular weight excluding hydrogens is 496 g/mol. The van der Waals surface area contributed by atoms with Gasteiger partial charge in [0.15, 0.2) is 0 Å². The molecule has 2 N–H and O–H groups in total. The fourth-order valence-electron chi connectivity index (χ4n) is 4.08. The van der Waals surface area contributed by atoms with E-state index in [9.17, 15) is 18.3 Å². The Morgan fingerprint density at radius 1 is 1.19 bits per heavy atom. The van der Waals surface area contributed by atoms with Gasteiger partial charge in [0.1, 0.15) is 18.1 Å². The Labute approximate surface area is 219 Å². The molecule has 1 unspecified atom stereocenters. The number of methoxy groups -OCH3 is 1. The number of nitrogens with one attached hydrogen (secondary N) is 1. The predicted molar refractivity (Wildman–Crippen MR) is 142 cm³/mol. The molecule has 0 saturated carbocycles. The van der Waals surface area contributed by atoms with Gasteiger partial charge in [-0.2, -0.15) is 0 Å². The van der Waals surface area contributed by atoms with Crippen molar-refractivity contribution in [1.82, 2.24) is 5.32 Å². The van der Waals surface area contributed by atoms with E-state index in [0.29, 0.717) is 31.8 Å². The lowest BCUT2D eigenvalue weighted by Crippen LogP contribution is -2.36. The second-order valence-corrected chi connectivity index (χ2v) is 11.6. The molecule has 2 aromatic carbocycles. The highest BCUT2D eigenvalue weighted by Gasteiger charge is 2.28. The second-order valence-electron chi connectivity index (χ2n) is 9.73. The van der Waals surface area contributed by atoms with Crippen molar-refractivity contribution < 1.29 is 32.5 Å². The van der Waals surface area contributed by atoms with Crippen LogP contribution in [-0.4, -0.2) is 65.1 Å². The van der Waals surface area contributed by atoms with Crippen molar-refractivity contribution in [2.24, 2.45) is 5.92 Å². The summed E-state index contributed by atoms with van der Waals surface area (Å²) >= 11 is 0. The standard InChI is InChI=1S/C27H38N2O7S/c1-19(2)16-29(37(32,33)24-10-8-22(34-4)9-11-24)25-12-7-21(15-26(25)30)6-5-20(3)28-27(31)18-36-23-13-14-35-17-23/h7-12,15,19-20,23,30H,5-6,13-14,16-18H2,1-4H3,(H,28,31)/t20-,23?/m0/s1. The molecule has 1 amide bonds. The normalized spacial score (nSPS) is 16.5. The average molecular weight is 535 g/mol. The van der Waals surface area contributed by atoms with Gasteiger partial charge in [0.25, 0.3) is 10.0 Å². The van der Waals surface area contributed by atoms with Gasteiger partial charge in [-0.3, -0.25) is 9.10 Å². The topological polar surface area (TPSA) is 114 Å². The summed E-state index contributed by atoms with van der Waals surface area (Å²) in [5, 5.41) is 13.8. The Bertz CT molecular complexity index is 1130. The second kappa shape index (κ2) is 13.1. The molecule has 1 aliphatic rings. The van der Waals surface area contributed by atoms with Gasteiger partial charge in [-0.1, -0.05) is 19.9 Å². The van der Waals surface area contributed by atoms with Gasteiger partial charge in [0.2, 0.25) is 5.91 Å². The number of phenolic OH excluding ortho intramolecular Hbond substituents is 1. The highest BCUT2D eigenvalue weighted by Crippen LogP contribution is 2.34. The molecule has 0 spiro atoms. The van der Waals surface area contributed by atoms with Crippen LogP contribution in [0.5, 0.6) is 11.5 Å². The molecule has 3 rings (SSSR count). The third kappa shape index (κ3) is 8.08. The Morgan fingerprint density at radius 2 is 1.92 bits per heavy atom. The van der Waals surface area contributed by atoms with Crippen LogP contribution in [0.3, 0.4) is 0 Å². The lowest BCUT2D eigenvalue weighted by Gasteiger charge is -2.27. The highest BCUT2D eigenvalue weighted by molar-refractivity contribution is 7.92. The Morgan fingerprint density at radius 3 is 2.51 bits per heavy atom. The summed E-state index contributed by atoms with van der Waals surface area (Å²) < 4.78 is 44.1. The average Bonchev–Trinajstić information content (AvgIpc) is 3.39. The largest absolute Gasteiger partial charge is 0.506 e. The van der Waals surface area contributed by atoms with Crippen molar-refractivity contribution in [2.45, 2.75) is 57.1 Å². The number of rotatable bonds is 13. The van der Waals surface area contributed by atoms with Crippen molar-refractivity contribution in [1.29, 1.82) is 0 Å². The molecule has 0 aromatic heterocycles. The molecule has 0 bridgehead atoms. The van der Waals surface area contributed by atoms with Crippen LogP contribution >= 0.6 is 0 Å². The van der Waals surface area contributed by atoms with E-state index in [2.05, 4.69) is 5.32 Å². The van der Waals surface area contributed by atoms with Crippen molar-refractivity contribution in [3.8, 4) is 11.5 Å².